The molecule has 0 aliphatic carbocycles. The number of hydrogen-bond donors (Lipinski definition) is 2. The first kappa shape index (κ1) is 26.5. The first-order valence-corrected chi connectivity index (χ1v) is 12.0. The third-order valence-electron chi connectivity index (χ3n) is 4.35. The lowest BCUT2D eigenvalue weighted by molar-refractivity contribution is -0.141. The van der Waals surface area contributed by atoms with E-state index in [9.17, 15) is 9.59 Å². The van der Waals surface area contributed by atoms with Crippen molar-refractivity contribution in [2.75, 3.05) is 12.0 Å². The number of nitrogens with one attached hydrogen (secondary N) is 1. The summed E-state index contributed by atoms with van der Waals surface area (Å²) in [6.45, 7) is 2.20. The summed E-state index contributed by atoms with van der Waals surface area (Å²) in [5, 5.41) is 11.7. The molecular weight excluding hydrogens is 370 g/mol. The number of hydrogen-bond acceptors (Lipinski definition) is 3. The maximum absolute atomic E-state index is 11.9. The Kier molecular flexibility index (Phi) is 19.2. The lowest BCUT2D eigenvalue weighted by Crippen LogP contribution is -2.41. The van der Waals surface area contributed by atoms with Crippen molar-refractivity contribution in [3.8, 4) is 0 Å². The lowest BCUT2D eigenvalue weighted by atomic mass is 10.1. The zero-order valence-corrected chi connectivity index (χ0v) is 18.5. The Hall–Kier alpha value is -1.49. The topological polar surface area (TPSA) is 66.4 Å². The van der Waals surface area contributed by atoms with Crippen LogP contribution in [0.15, 0.2) is 36.5 Å². The van der Waals surface area contributed by atoms with E-state index in [-0.39, 0.29) is 5.91 Å². The summed E-state index contributed by atoms with van der Waals surface area (Å²) in [5.41, 5.74) is 0. The smallest absolute Gasteiger partial charge is 0.326 e. The summed E-state index contributed by atoms with van der Waals surface area (Å²) in [4.78, 5) is 23.0. The Morgan fingerprint density at radius 1 is 0.929 bits per heavy atom. The number of allylic oxidation sites excluding steroid dienone is 6. The van der Waals surface area contributed by atoms with Gasteiger partial charge in [0.25, 0.3) is 0 Å². The van der Waals surface area contributed by atoms with Gasteiger partial charge in [0.1, 0.15) is 6.04 Å². The van der Waals surface area contributed by atoms with Crippen molar-refractivity contribution in [3.63, 3.8) is 0 Å². The van der Waals surface area contributed by atoms with Gasteiger partial charge in [-0.1, -0.05) is 75.5 Å². The summed E-state index contributed by atoms with van der Waals surface area (Å²) < 4.78 is 0. The maximum atomic E-state index is 11.9. The van der Waals surface area contributed by atoms with Gasteiger partial charge in [0, 0.05) is 6.42 Å². The Morgan fingerprint density at radius 2 is 1.54 bits per heavy atom. The molecule has 0 rings (SSSR count). The SMILES string of the molecule is CCCC/C=C/C=C/C=C\CCCCCCCC(=O)N[C@@H](CCSC)C(=O)O. The van der Waals surface area contributed by atoms with E-state index < -0.39 is 12.0 Å². The van der Waals surface area contributed by atoms with Crippen LogP contribution in [0.4, 0.5) is 0 Å². The Balaban J connectivity index is 3.61. The molecule has 0 heterocycles. The average Bonchev–Trinajstić information content (AvgIpc) is 2.67. The molecule has 0 spiro atoms. The van der Waals surface area contributed by atoms with E-state index in [4.69, 9.17) is 5.11 Å². The summed E-state index contributed by atoms with van der Waals surface area (Å²) in [6.07, 6.45) is 25.6. The Labute approximate surface area is 175 Å². The molecule has 0 aromatic heterocycles. The monoisotopic (exact) mass is 409 g/mol. The fraction of sp³-hybridized carbons (Fsp3) is 0.652. The van der Waals surface area contributed by atoms with Crippen LogP contribution in [0.2, 0.25) is 0 Å². The van der Waals surface area contributed by atoms with Gasteiger partial charge in [-0.2, -0.15) is 11.8 Å². The molecule has 0 fully saturated rings. The van der Waals surface area contributed by atoms with Gasteiger partial charge in [-0.25, -0.2) is 4.79 Å². The highest BCUT2D eigenvalue weighted by atomic mass is 32.2. The molecule has 1 atom stereocenters. The minimum Gasteiger partial charge on any atom is -0.480 e. The largest absolute Gasteiger partial charge is 0.480 e. The van der Waals surface area contributed by atoms with Crippen LogP contribution in [0.5, 0.6) is 0 Å². The summed E-state index contributed by atoms with van der Waals surface area (Å²) in [5.74, 6) is -0.360. The molecule has 0 bridgehead atoms. The van der Waals surface area contributed by atoms with Crippen molar-refractivity contribution in [2.24, 2.45) is 0 Å². The molecule has 0 saturated heterocycles. The number of thioether (sulfide) groups is 1. The zero-order valence-electron chi connectivity index (χ0n) is 17.7. The fourth-order valence-corrected chi connectivity index (χ4v) is 3.11. The van der Waals surface area contributed by atoms with Crippen molar-refractivity contribution in [1.29, 1.82) is 0 Å². The number of rotatable bonds is 18. The molecule has 2 N–H and O–H groups in total. The zero-order chi connectivity index (χ0) is 20.9. The molecule has 1 amide bonds. The van der Waals surface area contributed by atoms with Crippen LogP contribution in [0.1, 0.15) is 77.6 Å². The summed E-state index contributed by atoms with van der Waals surface area (Å²) in [7, 11) is 0. The standard InChI is InChI=1S/C23H39NO3S/c1-3-4-5-6-7-8-9-10-11-12-13-14-15-16-17-18-22(25)24-21(23(26)27)19-20-28-2/h6-11,21H,3-5,12-20H2,1-2H3,(H,24,25)(H,26,27)/b7-6+,9-8+,11-10-/t21-/m0/s1. The number of amides is 1. The lowest BCUT2D eigenvalue weighted by Gasteiger charge is -2.13. The first-order chi connectivity index (χ1) is 13.6. The number of carboxylic acid groups (broad SMARTS) is 1. The molecule has 0 unspecified atom stereocenters. The normalized spacial score (nSPS) is 12.9. The van der Waals surface area contributed by atoms with Gasteiger partial charge < -0.3 is 10.4 Å². The number of carboxylic acids is 1. The molecule has 0 aliphatic heterocycles. The van der Waals surface area contributed by atoms with Crippen LogP contribution in [0, 0.1) is 0 Å². The van der Waals surface area contributed by atoms with Crippen LogP contribution >= 0.6 is 11.8 Å². The van der Waals surface area contributed by atoms with E-state index in [1.807, 2.05) is 6.26 Å². The first-order valence-electron chi connectivity index (χ1n) is 10.6. The molecule has 28 heavy (non-hydrogen) atoms. The highest BCUT2D eigenvalue weighted by Crippen LogP contribution is 2.08. The van der Waals surface area contributed by atoms with Gasteiger partial charge in [-0.3, -0.25) is 4.79 Å². The van der Waals surface area contributed by atoms with Crippen LogP contribution in [0.25, 0.3) is 0 Å². The van der Waals surface area contributed by atoms with Gasteiger partial charge in [0.2, 0.25) is 5.91 Å². The molecule has 5 heteroatoms. The second kappa shape index (κ2) is 20.2. The van der Waals surface area contributed by atoms with Crippen molar-refractivity contribution < 1.29 is 14.7 Å². The van der Waals surface area contributed by atoms with Crippen molar-refractivity contribution in [3.05, 3.63) is 36.5 Å². The minimum absolute atomic E-state index is 0.146. The fourth-order valence-electron chi connectivity index (χ4n) is 2.64. The molecule has 4 nitrogen and oxygen atoms in total. The van der Waals surface area contributed by atoms with Gasteiger partial charge in [0.15, 0.2) is 0 Å². The molecule has 0 aliphatic rings. The number of carbonyl (C=O) groups excluding carboxylic acids is 1. The number of aliphatic carboxylic acids is 1. The van der Waals surface area contributed by atoms with Gasteiger partial charge in [-0.15, -0.1) is 0 Å². The Bertz CT molecular complexity index is 486. The summed E-state index contributed by atoms with van der Waals surface area (Å²) >= 11 is 1.59. The molecule has 0 saturated carbocycles. The second-order valence-corrected chi connectivity index (χ2v) is 7.92. The van der Waals surface area contributed by atoms with E-state index in [1.54, 1.807) is 11.8 Å². The van der Waals surface area contributed by atoms with Crippen molar-refractivity contribution in [2.45, 2.75) is 83.6 Å². The second-order valence-electron chi connectivity index (χ2n) is 6.93. The van der Waals surface area contributed by atoms with Crippen molar-refractivity contribution >= 4 is 23.6 Å². The van der Waals surface area contributed by atoms with Gasteiger partial charge >= 0.3 is 5.97 Å². The van der Waals surface area contributed by atoms with Gasteiger partial charge in [0.05, 0.1) is 0 Å². The maximum Gasteiger partial charge on any atom is 0.326 e. The Morgan fingerprint density at radius 3 is 2.14 bits per heavy atom. The van der Waals surface area contributed by atoms with E-state index in [2.05, 4.69) is 48.7 Å². The van der Waals surface area contributed by atoms with E-state index in [0.29, 0.717) is 12.8 Å². The molecule has 0 aromatic rings. The van der Waals surface area contributed by atoms with E-state index in [0.717, 1.165) is 44.3 Å². The minimum atomic E-state index is -0.946. The van der Waals surface area contributed by atoms with Crippen LogP contribution in [-0.2, 0) is 9.59 Å². The third-order valence-corrected chi connectivity index (χ3v) is 4.99. The van der Waals surface area contributed by atoms with Crippen molar-refractivity contribution in [1.82, 2.24) is 5.32 Å². The average molecular weight is 410 g/mol. The molecule has 160 valence electrons. The highest BCUT2D eigenvalue weighted by molar-refractivity contribution is 7.98. The van der Waals surface area contributed by atoms with Crippen LogP contribution in [-0.4, -0.2) is 35.0 Å². The quantitative estimate of drug-likeness (QED) is 0.218. The predicted molar refractivity (Wildman–Crippen MR) is 122 cm³/mol. The highest BCUT2D eigenvalue weighted by Gasteiger charge is 2.18. The van der Waals surface area contributed by atoms with E-state index in [1.165, 1.54) is 19.3 Å². The predicted octanol–water partition coefficient (Wildman–Crippen LogP) is 5.90. The summed E-state index contributed by atoms with van der Waals surface area (Å²) in [6, 6.07) is -0.757. The van der Waals surface area contributed by atoms with Crippen LogP contribution in [0.3, 0.4) is 0 Å². The van der Waals surface area contributed by atoms with Gasteiger partial charge in [-0.05, 0) is 44.1 Å². The molecule has 0 radical (unpaired) electrons. The third kappa shape index (κ3) is 17.9. The number of unbranched alkanes of at least 4 members (excludes halogenated alkanes) is 7. The van der Waals surface area contributed by atoms with Crippen LogP contribution < -0.4 is 5.32 Å². The van der Waals surface area contributed by atoms with E-state index >= 15 is 0 Å². The number of carbonyl (C=O) groups is 2. The molecule has 0 aromatic carbocycles. The molecular formula is C23H39NO3S.